The molecule has 1 amide bonds. The molecule has 2 atom stereocenters. The van der Waals surface area contributed by atoms with E-state index in [4.69, 9.17) is 0 Å². The Morgan fingerprint density at radius 2 is 1.85 bits per heavy atom. The molecular formula is C23H21F2N7O. The van der Waals surface area contributed by atoms with Crippen LogP contribution in [0.15, 0.2) is 48.7 Å². The van der Waals surface area contributed by atoms with Gasteiger partial charge in [-0.2, -0.15) is 5.10 Å². The summed E-state index contributed by atoms with van der Waals surface area (Å²) in [6.45, 7) is 4.36. The van der Waals surface area contributed by atoms with Gasteiger partial charge in [0, 0.05) is 36.8 Å². The number of tetrazole rings is 1. The smallest absolute Gasteiger partial charge is 0.296 e. The van der Waals surface area contributed by atoms with E-state index >= 15 is 0 Å². The van der Waals surface area contributed by atoms with Gasteiger partial charge >= 0.3 is 0 Å². The van der Waals surface area contributed by atoms with E-state index in [-0.39, 0.29) is 23.5 Å². The molecule has 168 valence electrons. The lowest BCUT2D eigenvalue weighted by molar-refractivity contribution is 0.0652. The zero-order chi connectivity index (χ0) is 23.3. The third-order valence-electron chi connectivity index (χ3n) is 6.31. The highest BCUT2D eigenvalue weighted by Gasteiger charge is 2.37. The van der Waals surface area contributed by atoms with Crippen molar-refractivity contribution in [3.63, 3.8) is 0 Å². The van der Waals surface area contributed by atoms with E-state index in [1.807, 2.05) is 50.0 Å². The van der Waals surface area contributed by atoms with E-state index in [1.165, 1.54) is 6.07 Å². The molecule has 0 unspecified atom stereocenters. The molecule has 33 heavy (non-hydrogen) atoms. The second kappa shape index (κ2) is 7.88. The molecule has 10 heteroatoms. The van der Waals surface area contributed by atoms with Gasteiger partial charge in [0.2, 0.25) is 0 Å². The van der Waals surface area contributed by atoms with Gasteiger partial charge in [0.05, 0.1) is 12.2 Å². The number of nitrogens with zero attached hydrogens (tertiary/aromatic N) is 7. The van der Waals surface area contributed by atoms with Crippen LogP contribution in [0.4, 0.5) is 8.78 Å². The van der Waals surface area contributed by atoms with Crippen LogP contribution in [0.2, 0.25) is 0 Å². The highest BCUT2D eigenvalue weighted by molar-refractivity contribution is 5.91. The van der Waals surface area contributed by atoms with Crippen LogP contribution in [-0.2, 0) is 7.05 Å². The predicted molar refractivity (Wildman–Crippen MR) is 115 cm³/mol. The highest BCUT2D eigenvalue weighted by Crippen LogP contribution is 2.40. The maximum atomic E-state index is 14.1. The molecule has 0 spiro atoms. The number of hydrogen-bond acceptors (Lipinski definition) is 5. The maximum absolute atomic E-state index is 14.1. The van der Waals surface area contributed by atoms with Crippen LogP contribution in [0.25, 0.3) is 5.69 Å². The summed E-state index contributed by atoms with van der Waals surface area (Å²) in [6.07, 6.45) is 1.83. The molecule has 1 aliphatic rings. The molecule has 0 aliphatic carbocycles. The minimum absolute atomic E-state index is 0.0698. The molecule has 0 N–H and O–H groups in total. The molecule has 0 bridgehead atoms. The van der Waals surface area contributed by atoms with Crippen LogP contribution < -0.4 is 0 Å². The van der Waals surface area contributed by atoms with E-state index in [0.717, 1.165) is 39.3 Å². The Kier molecular flexibility index (Phi) is 4.99. The molecule has 1 aliphatic heterocycles. The van der Waals surface area contributed by atoms with Crippen molar-refractivity contribution in [2.75, 3.05) is 6.54 Å². The zero-order valence-corrected chi connectivity index (χ0v) is 18.3. The lowest BCUT2D eigenvalue weighted by Gasteiger charge is -2.39. The van der Waals surface area contributed by atoms with Crippen molar-refractivity contribution in [1.82, 2.24) is 34.9 Å². The topological polar surface area (TPSA) is 81.7 Å². The summed E-state index contributed by atoms with van der Waals surface area (Å²) in [5, 5.41) is 16.1. The average Bonchev–Trinajstić information content (AvgIpc) is 3.41. The summed E-state index contributed by atoms with van der Waals surface area (Å²) in [4.78, 5) is 16.0. The van der Waals surface area contributed by atoms with Gasteiger partial charge in [0.25, 0.3) is 11.7 Å². The molecular weight excluding hydrogens is 428 g/mol. The fourth-order valence-corrected chi connectivity index (χ4v) is 4.39. The van der Waals surface area contributed by atoms with Crippen LogP contribution in [0.5, 0.6) is 0 Å². The first kappa shape index (κ1) is 20.9. The SMILES string of the molecule is Cc1c([C@H]2CN(C(=O)c3nnn(-c4ccc(F)cc4F)n3)[C@@H](C)c3ccccc32)cnn1C. The number of carbonyl (C=O) groups excluding carboxylic acids is 1. The molecule has 0 saturated carbocycles. The van der Waals surface area contributed by atoms with Gasteiger partial charge in [-0.05, 0) is 42.3 Å². The molecule has 4 aromatic rings. The Bertz CT molecular complexity index is 1360. The second-order valence-electron chi connectivity index (χ2n) is 8.12. The number of aryl methyl sites for hydroxylation is 1. The lowest BCUT2D eigenvalue weighted by atomic mass is 9.82. The van der Waals surface area contributed by atoms with E-state index in [9.17, 15) is 13.6 Å². The molecule has 0 fully saturated rings. The minimum atomic E-state index is -0.848. The van der Waals surface area contributed by atoms with Crippen LogP contribution in [0.3, 0.4) is 0 Å². The van der Waals surface area contributed by atoms with Crippen molar-refractivity contribution in [3.05, 3.63) is 88.5 Å². The Labute approximate surface area is 188 Å². The van der Waals surface area contributed by atoms with Gasteiger partial charge in [-0.1, -0.05) is 24.3 Å². The number of hydrogen-bond donors (Lipinski definition) is 0. The quantitative estimate of drug-likeness (QED) is 0.479. The van der Waals surface area contributed by atoms with Gasteiger partial charge in [-0.3, -0.25) is 9.48 Å². The van der Waals surface area contributed by atoms with Gasteiger partial charge in [0.15, 0.2) is 5.82 Å². The van der Waals surface area contributed by atoms with Crippen LogP contribution in [-0.4, -0.2) is 47.3 Å². The fourth-order valence-electron chi connectivity index (χ4n) is 4.39. The summed E-state index contributed by atoms with van der Waals surface area (Å²) in [6, 6.07) is 10.8. The number of benzene rings is 2. The lowest BCUT2D eigenvalue weighted by Crippen LogP contribution is -2.41. The maximum Gasteiger partial charge on any atom is 0.296 e. The third-order valence-corrected chi connectivity index (χ3v) is 6.31. The molecule has 8 nitrogen and oxygen atoms in total. The normalized spacial score (nSPS) is 17.8. The predicted octanol–water partition coefficient (Wildman–Crippen LogP) is 3.33. The van der Waals surface area contributed by atoms with Crippen molar-refractivity contribution in [1.29, 1.82) is 0 Å². The van der Waals surface area contributed by atoms with Crippen molar-refractivity contribution in [2.24, 2.45) is 7.05 Å². The Morgan fingerprint density at radius 1 is 1.09 bits per heavy atom. The Morgan fingerprint density at radius 3 is 2.55 bits per heavy atom. The number of fused-ring (bicyclic) bond motifs is 1. The Hall–Kier alpha value is -3.95. The summed E-state index contributed by atoms with van der Waals surface area (Å²) in [7, 11) is 1.88. The average molecular weight is 449 g/mol. The largest absolute Gasteiger partial charge is 0.328 e. The number of halogens is 2. The highest BCUT2D eigenvalue weighted by atomic mass is 19.1. The summed E-state index contributed by atoms with van der Waals surface area (Å²) >= 11 is 0. The van der Waals surface area contributed by atoms with Gasteiger partial charge in [-0.15, -0.1) is 15.0 Å². The van der Waals surface area contributed by atoms with E-state index in [2.05, 4.69) is 26.6 Å². The molecule has 3 heterocycles. The molecule has 0 radical (unpaired) electrons. The summed E-state index contributed by atoms with van der Waals surface area (Å²) < 4.78 is 29.2. The van der Waals surface area contributed by atoms with Crippen molar-refractivity contribution < 1.29 is 13.6 Å². The zero-order valence-electron chi connectivity index (χ0n) is 18.3. The fraction of sp³-hybridized carbons (Fsp3) is 0.261. The first-order valence-electron chi connectivity index (χ1n) is 10.5. The molecule has 0 saturated heterocycles. The van der Waals surface area contributed by atoms with E-state index in [0.29, 0.717) is 6.54 Å². The standard InChI is InChI=1S/C23H21F2N7O/c1-13-18(11-26-30(13)3)19-12-31(14(2)16-6-4-5-7-17(16)19)23(33)22-27-29-32(28-22)21-9-8-15(24)10-20(21)25/h4-11,14,19H,12H2,1-3H3/t14-,19-/m0/s1. The number of amides is 1. The van der Waals surface area contributed by atoms with E-state index in [1.54, 1.807) is 4.90 Å². The number of carbonyl (C=O) groups is 1. The molecule has 2 aromatic heterocycles. The number of aromatic nitrogens is 6. The summed E-state index contributed by atoms with van der Waals surface area (Å²) in [5.74, 6) is -2.22. The molecule has 2 aromatic carbocycles. The second-order valence-corrected chi connectivity index (χ2v) is 8.12. The first-order chi connectivity index (χ1) is 15.8. The third kappa shape index (κ3) is 3.47. The molecule has 5 rings (SSSR count). The van der Waals surface area contributed by atoms with Crippen LogP contribution in [0.1, 0.15) is 51.9 Å². The van der Waals surface area contributed by atoms with Gasteiger partial charge in [-0.25, -0.2) is 8.78 Å². The number of rotatable bonds is 3. The Balaban J connectivity index is 1.51. The van der Waals surface area contributed by atoms with Gasteiger partial charge < -0.3 is 4.90 Å². The van der Waals surface area contributed by atoms with Crippen molar-refractivity contribution >= 4 is 5.91 Å². The van der Waals surface area contributed by atoms with E-state index < -0.39 is 17.5 Å². The monoisotopic (exact) mass is 449 g/mol. The first-order valence-corrected chi connectivity index (χ1v) is 10.5. The van der Waals surface area contributed by atoms with Crippen molar-refractivity contribution in [2.45, 2.75) is 25.8 Å². The van der Waals surface area contributed by atoms with Gasteiger partial charge in [0.1, 0.15) is 11.5 Å². The summed E-state index contributed by atoms with van der Waals surface area (Å²) in [5.41, 5.74) is 4.15. The van der Waals surface area contributed by atoms with Crippen LogP contribution >= 0.6 is 0 Å². The van der Waals surface area contributed by atoms with Crippen molar-refractivity contribution in [3.8, 4) is 5.69 Å². The minimum Gasteiger partial charge on any atom is -0.328 e. The van der Waals surface area contributed by atoms with Crippen LogP contribution in [0, 0.1) is 18.6 Å².